The van der Waals surface area contributed by atoms with Crippen LogP contribution in [0.3, 0.4) is 0 Å². The predicted molar refractivity (Wildman–Crippen MR) is 277 cm³/mol. The van der Waals surface area contributed by atoms with Crippen LogP contribution in [0.25, 0.3) is 11.4 Å². The number of carbonyl (C=O) groups is 5. The number of imide groups is 1. The fourth-order valence-electron chi connectivity index (χ4n) is 10.0. The second-order valence-electron chi connectivity index (χ2n) is 19.6. The summed E-state index contributed by atoms with van der Waals surface area (Å²) in [6.07, 6.45) is 9.08. The molecule has 0 radical (unpaired) electrons. The summed E-state index contributed by atoms with van der Waals surface area (Å²) in [7, 11) is 2.12. The van der Waals surface area contributed by atoms with E-state index in [-0.39, 0.29) is 42.7 Å². The molecular formula is C55H67N11O8. The number of likely N-dealkylation sites (tertiary alicyclic amines) is 1. The van der Waals surface area contributed by atoms with Crippen molar-refractivity contribution in [3.05, 3.63) is 119 Å². The van der Waals surface area contributed by atoms with E-state index >= 15 is 0 Å². The van der Waals surface area contributed by atoms with Gasteiger partial charge in [0.2, 0.25) is 17.7 Å². The molecule has 0 aliphatic carbocycles. The number of carbonyl (C=O) groups excluding carboxylic acids is 5. The number of hydrogen-bond donors (Lipinski definition) is 4. The number of H-pyrrole nitrogens is 1. The summed E-state index contributed by atoms with van der Waals surface area (Å²) >= 11 is 0. The Morgan fingerprint density at radius 1 is 0.838 bits per heavy atom. The largest absolute Gasteiger partial charge is 0.494 e. The van der Waals surface area contributed by atoms with Crippen LogP contribution in [-0.2, 0) is 35.9 Å². The topological polar surface area (TPSA) is 217 Å². The van der Waals surface area contributed by atoms with Crippen molar-refractivity contribution in [2.75, 3.05) is 89.6 Å². The maximum atomic E-state index is 13.6. The lowest BCUT2D eigenvalue weighted by atomic mass is 9.86. The van der Waals surface area contributed by atoms with Crippen molar-refractivity contribution in [3.8, 4) is 17.1 Å². The summed E-state index contributed by atoms with van der Waals surface area (Å²) in [6, 6.07) is 24.1. The number of aromatic amines is 1. The van der Waals surface area contributed by atoms with Crippen molar-refractivity contribution in [1.29, 1.82) is 0 Å². The number of piperidine rings is 2. The fraction of sp³-hybridized carbons (Fsp3) is 0.455. The van der Waals surface area contributed by atoms with Gasteiger partial charge in [0.25, 0.3) is 11.8 Å². The van der Waals surface area contributed by atoms with Crippen LogP contribution >= 0.6 is 0 Å². The first-order valence-electron chi connectivity index (χ1n) is 25.9. The van der Waals surface area contributed by atoms with Gasteiger partial charge in [-0.3, -0.25) is 39.4 Å². The molecule has 74 heavy (non-hydrogen) atoms. The lowest BCUT2D eigenvalue weighted by Crippen LogP contribution is -2.52. The minimum Gasteiger partial charge on any atom is -0.494 e. The van der Waals surface area contributed by atoms with Crippen molar-refractivity contribution in [2.45, 2.75) is 82.5 Å². The van der Waals surface area contributed by atoms with Crippen molar-refractivity contribution < 1.29 is 38.2 Å². The quantitative estimate of drug-likeness (QED) is 0.0500. The van der Waals surface area contributed by atoms with Crippen LogP contribution in [0.2, 0.25) is 0 Å². The van der Waals surface area contributed by atoms with E-state index in [2.05, 4.69) is 48.0 Å². The van der Waals surface area contributed by atoms with E-state index in [0.717, 1.165) is 84.8 Å². The van der Waals surface area contributed by atoms with Crippen molar-refractivity contribution >= 4 is 40.9 Å². The molecule has 4 aliphatic rings. The Kier molecular flexibility index (Phi) is 16.9. The summed E-state index contributed by atoms with van der Waals surface area (Å²) in [5.41, 5.74) is 5.16. The first-order chi connectivity index (χ1) is 36.0. The van der Waals surface area contributed by atoms with Gasteiger partial charge in [0, 0.05) is 113 Å². The van der Waals surface area contributed by atoms with Gasteiger partial charge in [-0.05, 0) is 131 Å². The molecule has 2 atom stereocenters. The number of nitrogens with zero attached hydrogens (tertiary/aromatic N) is 7. The highest BCUT2D eigenvalue weighted by atomic mass is 16.5. The molecule has 5 aromatic rings. The smallest absolute Gasteiger partial charge is 0.255 e. The average molecular weight is 1010 g/mol. The van der Waals surface area contributed by atoms with E-state index in [0.29, 0.717) is 88.9 Å². The Hall–Kier alpha value is -7.22. The Bertz CT molecular complexity index is 2760. The number of pyridine rings is 1. The standard InChI is InChI=1S/C55H67N11O8/c1-38(57-51(69)41-10-6-11-43(33-41)60-55(19-23-63(2)24-20-55)54-59-50(61-62-54)39-17-21-56-22-18-39)40-9-7-12-45(35-40)74-32-5-3-4-29-72-30-8-31-73-37-49(68)65-27-25-64(26-28-65)44-13-14-46-42(34-44)36-66(53(46)71)47-15-16-48(67)58-52(47)70/h6-7,9-14,17-18,21-22,33-35,38,47,60H,3-5,8,15-16,19-20,23-32,36-37H2,1-2H3,(H,57,69)(H,58,67,70)(H,59,61,62)/t38-,47?/m1/s1. The lowest BCUT2D eigenvalue weighted by Gasteiger charge is -2.40. The highest BCUT2D eigenvalue weighted by molar-refractivity contribution is 6.05. The summed E-state index contributed by atoms with van der Waals surface area (Å²) in [6.45, 7) is 8.75. The van der Waals surface area contributed by atoms with E-state index < -0.39 is 17.5 Å². The zero-order chi connectivity index (χ0) is 51.4. The lowest BCUT2D eigenvalue weighted by molar-refractivity contribution is -0.137. The molecule has 5 amide bonds. The third kappa shape index (κ3) is 12.7. The Morgan fingerprint density at radius 2 is 1.61 bits per heavy atom. The first-order valence-corrected chi connectivity index (χ1v) is 25.9. The maximum absolute atomic E-state index is 13.6. The van der Waals surface area contributed by atoms with Crippen LogP contribution in [-0.4, -0.2) is 150 Å². The second-order valence-corrected chi connectivity index (χ2v) is 19.6. The molecule has 9 rings (SSSR count). The van der Waals surface area contributed by atoms with Crippen LogP contribution in [0.15, 0.2) is 91.3 Å². The van der Waals surface area contributed by atoms with Crippen LogP contribution < -0.4 is 25.6 Å². The Morgan fingerprint density at radius 3 is 2.42 bits per heavy atom. The molecule has 0 spiro atoms. The summed E-state index contributed by atoms with van der Waals surface area (Å²) in [5.74, 6) is 1.02. The van der Waals surface area contributed by atoms with E-state index in [1.165, 1.54) is 0 Å². The number of rotatable bonds is 22. The minimum absolute atomic E-state index is 0.0296. The molecule has 2 aromatic heterocycles. The van der Waals surface area contributed by atoms with E-state index in [9.17, 15) is 24.0 Å². The molecule has 3 fully saturated rings. The van der Waals surface area contributed by atoms with E-state index in [4.69, 9.17) is 19.2 Å². The minimum atomic E-state index is -0.645. The van der Waals surface area contributed by atoms with Gasteiger partial charge < -0.3 is 44.4 Å². The molecule has 1 unspecified atom stereocenters. The van der Waals surface area contributed by atoms with Gasteiger partial charge in [-0.15, -0.1) is 0 Å². The molecule has 0 saturated carbocycles. The van der Waals surface area contributed by atoms with Gasteiger partial charge in [-0.25, -0.2) is 4.98 Å². The number of amides is 5. The summed E-state index contributed by atoms with van der Waals surface area (Å²) in [4.78, 5) is 80.6. The van der Waals surface area contributed by atoms with Gasteiger partial charge in [0.05, 0.1) is 18.2 Å². The Balaban J connectivity index is 0.622. The van der Waals surface area contributed by atoms with Gasteiger partial charge in [0.15, 0.2) is 11.6 Å². The molecule has 6 heterocycles. The molecule has 4 aliphatic heterocycles. The fourth-order valence-corrected chi connectivity index (χ4v) is 10.0. The average Bonchev–Trinajstić information content (AvgIpc) is 4.05. The summed E-state index contributed by atoms with van der Waals surface area (Å²) < 4.78 is 17.6. The number of unbranched alkanes of at least 4 members (excludes halogenated alkanes) is 2. The third-order valence-corrected chi connectivity index (χ3v) is 14.4. The molecule has 3 aromatic carbocycles. The number of ether oxygens (including phenoxy) is 3. The molecule has 3 saturated heterocycles. The number of fused-ring (bicyclic) bond motifs is 1. The zero-order valence-electron chi connectivity index (χ0n) is 42.4. The third-order valence-electron chi connectivity index (χ3n) is 14.4. The monoisotopic (exact) mass is 1010 g/mol. The molecule has 4 N–H and O–H groups in total. The predicted octanol–water partition coefficient (Wildman–Crippen LogP) is 5.47. The first kappa shape index (κ1) is 51.7. The second kappa shape index (κ2) is 24.2. The van der Waals surface area contributed by atoms with Crippen LogP contribution in [0.5, 0.6) is 5.75 Å². The number of hydrogen-bond acceptors (Lipinski definition) is 14. The highest BCUT2D eigenvalue weighted by Crippen LogP contribution is 2.36. The van der Waals surface area contributed by atoms with Crippen LogP contribution in [0.4, 0.5) is 11.4 Å². The molecule has 19 nitrogen and oxygen atoms in total. The van der Waals surface area contributed by atoms with Crippen molar-refractivity contribution in [2.24, 2.45) is 0 Å². The van der Waals surface area contributed by atoms with Gasteiger partial charge in [-0.2, -0.15) is 5.10 Å². The number of aromatic nitrogens is 4. The molecule has 19 heteroatoms. The van der Waals surface area contributed by atoms with Gasteiger partial charge in [0.1, 0.15) is 18.4 Å². The SMILES string of the molecule is C[C@@H](NC(=O)c1cccc(NC2(c3nc(-c4ccncc4)n[nH]3)CCN(C)CC2)c1)c1cccc(OCCCCCOCCCOCC(=O)N2CCN(c3ccc4c(c3)CN(C3CCC(=O)NC3=O)C4=O)CC2)c1. The summed E-state index contributed by atoms with van der Waals surface area (Å²) in [5, 5.41) is 17.0. The number of anilines is 2. The molecular weight excluding hydrogens is 943 g/mol. The normalized spacial score (nSPS) is 18.2. The number of benzene rings is 3. The van der Waals surface area contributed by atoms with E-state index in [1.54, 1.807) is 17.3 Å². The van der Waals surface area contributed by atoms with Crippen molar-refractivity contribution in [3.63, 3.8) is 0 Å². The van der Waals surface area contributed by atoms with Crippen molar-refractivity contribution in [1.82, 2.24) is 45.5 Å². The van der Waals surface area contributed by atoms with Crippen LogP contribution in [0, 0.1) is 0 Å². The number of piperazine rings is 1. The number of nitrogens with one attached hydrogen (secondary N) is 4. The van der Waals surface area contributed by atoms with E-state index in [1.807, 2.05) is 90.7 Å². The molecule has 390 valence electrons. The highest BCUT2D eigenvalue weighted by Gasteiger charge is 2.40. The maximum Gasteiger partial charge on any atom is 0.255 e. The zero-order valence-corrected chi connectivity index (χ0v) is 42.4. The Labute approximate surface area is 431 Å². The molecule has 0 bridgehead atoms. The van der Waals surface area contributed by atoms with Gasteiger partial charge >= 0.3 is 0 Å². The van der Waals surface area contributed by atoms with Crippen LogP contribution in [0.1, 0.15) is 102 Å². The van der Waals surface area contributed by atoms with Gasteiger partial charge in [-0.1, -0.05) is 18.2 Å².